The van der Waals surface area contributed by atoms with Gasteiger partial charge < -0.3 is 5.73 Å². The van der Waals surface area contributed by atoms with Crippen LogP contribution in [0.1, 0.15) is 5.56 Å². The van der Waals surface area contributed by atoms with Crippen LogP contribution in [0.5, 0.6) is 0 Å². The van der Waals surface area contributed by atoms with E-state index in [4.69, 9.17) is 17.3 Å². The predicted octanol–water partition coefficient (Wildman–Crippen LogP) is 2.48. The van der Waals surface area contributed by atoms with E-state index in [2.05, 4.69) is 6.58 Å². The Morgan fingerprint density at radius 1 is 1.50 bits per heavy atom. The summed E-state index contributed by atoms with van der Waals surface area (Å²) in [6.07, 6.45) is 0. The topological polar surface area (TPSA) is 26.0 Å². The number of benzene rings is 1. The Kier molecular flexibility index (Phi) is 1.97. The van der Waals surface area contributed by atoms with E-state index in [1.54, 1.807) is 6.07 Å². The Hall–Kier alpha value is -0.950. The van der Waals surface area contributed by atoms with Gasteiger partial charge in [-0.05, 0) is 17.7 Å². The van der Waals surface area contributed by atoms with Crippen molar-refractivity contribution in [3.8, 4) is 0 Å². The fraction of sp³-hybridized carbons (Fsp3) is 0. The highest BCUT2D eigenvalue weighted by atomic mass is 35.5. The molecule has 0 unspecified atom stereocenters. The molecule has 2 N–H and O–H groups in total. The molecule has 0 amide bonds. The lowest BCUT2D eigenvalue weighted by Crippen LogP contribution is -1.84. The van der Waals surface area contributed by atoms with E-state index >= 15 is 0 Å². The molecule has 0 aliphatic carbocycles. The first-order valence-corrected chi connectivity index (χ1v) is 3.28. The van der Waals surface area contributed by atoms with E-state index in [9.17, 15) is 0 Å². The summed E-state index contributed by atoms with van der Waals surface area (Å²) in [5.74, 6) is 0. The van der Waals surface area contributed by atoms with Gasteiger partial charge in [0, 0.05) is 10.7 Å². The molecule has 0 aromatic heterocycles. The minimum Gasteiger partial charge on any atom is -0.399 e. The van der Waals surface area contributed by atoms with Gasteiger partial charge in [0.1, 0.15) is 0 Å². The van der Waals surface area contributed by atoms with Crippen LogP contribution >= 0.6 is 11.6 Å². The zero-order valence-electron chi connectivity index (χ0n) is 5.47. The van der Waals surface area contributed by atoms with Crippen molar-refractivity contribution in [1.82, 2.24) is 0 Å². The minimum absolute atomic E-state index is 0.521. The fourth-order valence-electron chi connectivity index (χ4n) is 0.707. The molecule has 1 rings (SSSR count). The maximum atomic E-state index is 5.63. The van der Waals surface area contributed by atoms with Crippen molar-refractivity contribution in [1.29, 1.82) is 0 Å². The Bertz CT molecular complexity index is 255. The van der Waals surface area contributed by atoms with Crippen molar-refractivity contribution < 1.29 is 0 Å². The van der Waals surface area contributed by atoms with E-state index in [0.717, 1.165) is 5.56 Å². The molecule has 0 aliphatic rings. The highest BCUT2D eigenvalue weighted by Gasteiger charge is 1.92. The molecule has 0 heterocycles. The zero-order chi connectivity index (χ0) is 7.56. The molecule has 0 atom stereocenters. The Morgan fingerprint density at radius 2 is 2.20 bits per heavy atom. The van der Waals surface area contributed by atoms with E-state index in [1.165, 1.54) is 0 Å². The molecule has 0 spiro atoms. The first-order chi connectivity index (χ1) is 4.70. The third-order valence-electron chi connectivity index (χ3n) is 1.20. The van der Waals surface area contributed by atoms with E-state index in [0.29, 0.717) is 10.7 Å². The molecule has 0 saturated carbocycles. The summed E-state index contributed by atoms with van der Waals surface area (Å²) >= 11 is 5.63. The smallest absolute Gasteiger partial charge is 0.0407 e. The Labute approximate surface area is 65.1 Å². The van der Waals surface area contributed by atoms with Gasteiger partial charge in [-0.25, -0.2) is 0 Å². The first-order valence-electron chi connectivity index (χ1n) is 2.90. The largest absolute Gasteiger partial charge is 0.399 e. The molecule has 0 bridgehead atoms. The summed E-state index contributed by atoms with van der Waals surface area (Å²) < 4.78 is 0. The van der Waals surface area contributed by atoms with Gasteiger partial charge in [-0.1, -0.05) is 30.3 Å². The number of nitrogen functional groups attached to an aromatic ring is 1. The lowest BCUT2D eigenvalue weighted by Gasteiger charge is -1.97. The summed E-state index contributed by atoms with van der Waals surface area (Å²) in [6, 6.07) is 7.31. The average molecular weight is 154 g/mol. The molecule has 0 fully saturated rings. The predicted molar refractivity (Wildman–Crippen MR) is 45.7 cm³/mol. The molecule has 0 saturated heterocycles. The quantitative estimate of drug-likeness (QED) is 0.617. The molecule has 0 radical (unpaired) electrons. The van der Waals surface area contributed by atoms with Gasteiger partial charge in [0.25, 0.3) is 0 Å². The third-order valence-corrected chi connectivity index (χ3v) is 1.42. The van der Waals surface area contributed by atoms with Crippen LogP contribution in [-0.4, -0.2) is 0 Å². The standard InChI is InChI=1S/C8H8ClN/c1-6(9)7-3-2-4-8(10)5-7/h2-5H,1,10H2. The van der Waals surface area contributed by atoms with Crippen LogP contribution in [0.25, 0.3) is 5.03 Å². The van der Waals surface area contributed by atoms with Crippen LogP contribution in [0.4, 0.5) is 5.69 Å². The van der Waals surface area contributed by atoms with Crippen LogP contribution in [0.2, 0.25) is 0 Å². The molecule has 0 aliphatic heterocycles. The van der Waals surface area contributed by atoms with Crippen molar-refractivity contribution in [3.63, 3.8) is 0 Å². The molecular formula is C8H8ClN. The van der Waals surface area contributed by atoms with Crippen molar-refractivity contribution in [3.05, 3.63) is 36.4 Å². The molecule has 1 aromatic carbocycles. The van der Waals surface area contributed by atoms with E-state index in [1.807, 2.05) is 18.2 Å². The van der Waals surface area contributed by atoms with E-state index < -0.39 is 0 Å². The van der Waals surface area contributed by atoms with E-state index in [-0.39, 0.29) is 0 Å². The lowest BCUT2D eigenvalue weighted by molar-refractivity contribution is 1.64. The van der Waals surface area contributed by atoms with Crippen molar-refractivity contribution in [2.45, 2.75) is 0 Å². The number of rotatable bonds is 1. The van der Waals surface area contributed by atoms with Crippen molar-refractivity contribution >= 4 is 22.3 Å². The maximum absolute atomic E-state index is 5.63. The van der Waals surface area contributed by atoms with Gasteiger partial charge in [-0.15, -0.1) is 0 Å². The normalized spacial score (nSPS) is 9.30. The third kappa shape index (κ3) is 1.52. The van der Waals surface area contributed by atoms with Gasteiger partial charge in [0.2, 0.25) is 0 Å². The highest BCUT2D eigenvalue weighted by Crippen LogP contribution is 2.17. The van der Waals surface area contributed by atoms with Gasteiger partial charge in [0.15, 0.2) is 0 Å². The summed E-state index contributed by atoms with van der Waals surface area (Å²) in [5.41, 5.74) is 7.08. The van der Waals surface area contributed by atoms with Gasteiger partial charge in [0.05, 0.1) is 0 Å². The summed E-state index contributed by atoms with van der Waals surface area (Å²) in [6.45, 7) is 3.58. The summed E-state index contributed by atoms with van der Waals surface area (Å²) in [4.78, 5) is 0. The Balaban J connectivity index is 3.07. The highest BCUT2D eigenvalue weighted by molar-refractivity contribution is 6.48. The van der Waals surface area contributed by atoms with Crippen LogP contribution in [0.15, 0.2) is 30.8 Å². The average Bonchev–Trinajstić information content (AvgIpc) is 1.88. The first kappa shape index (κ1) is 7.16. The number of hydrogen-bond donors (Lipinski definition) is 1. The molecule has 52 valence electrons. The second-order valence-electron chi connectivity index (χ2n) is 2.03. The van der Waals surface area contributed by atoms with Gasteiger partial charge in [-0.2, -0.15) is 0 Å². The monoisotopic (exact) mass is 153 g/mol. The molecule has 10 heavy (non-hydrogen) atoms. The summed E-state index contributed by atoms with van der Waals surface area (Å²) in [5, 5.41) is 0.521. The number of nitrogens with two attached hydrogens (primary N) is 1. The molecule has 1 aromatic rings. The zero-order valence-corrected chi connectivity index (χ0v) is 6.23. The van der Waals surface area contributed by atoms with Crippen LogP contribution < -0.4 is 5.73 Å². The second-order valence-corrected chi connectivity index (χ2v) is 2.49. The van der Waals surface area contributed by atoms with Crippen molar-refractivity contribution in [2.24, 2.45) is 0 Å². The lowest BCUT2D eigenvalue weighted by atomic mass is 10.2. The molecule has 1 nitrogen and oxygen atoms in total. The summed E-state index contributed by atoms with van der Waals surface area (Å²) in [7, 11) is 0. The molecule has 2 heteroatoms. The fourth-order valence-corrected chi connectivity index (χ4v) is 0.825. The van der Waals surface area contributed by atoms with Gasteiger partial charge >= 0.3 is 0 Å². The number of anilines is 1. The minimum atomic E-state index is 0.521. The van der Waals surface area contributed by atoms with Gasteiger partial charge in [-0.3, -0.25) is 0 Å². The maximum Gasteiger partial charge on any atom is 0.0407 e. The SMILES string of the molecule is C=C(Cl)c1cccc(N)c1. The van der Waals surface area contributed by atoms with Crippen LogP contribution in [0.3, 0.4) is 0 Å². The molecular weight excluding hydrogens is 146 g/mol. The number of halogens is 1. The van der Waals surface area contributed by atoms with Crippen LogP contribution in [-0.2, 0) is 0 Å². The number of hydrogen-bond acceptors (Lipinski definition) is 1. The van der Waals surface area contributed by atoms with Crippen molar-refractivity contribution in [2.75, 3.05) is 5.73 Å². The second kappa shape index (κ2) is 2.76. The Morgan fingerprint density at radius 3 is 2.60 bits per heavy atom. The van der Waals surface area contributed by atoms with Crippen LogP contribution in [0, 0.1) is 0 Å².